The summed E-state index contributed by atoms with van der Waals surface area (Å²) in [5, 5.41) is 4.36. The molecule has 21 heavy (non-hydrogen) atoms. The van der Waals surface area contributed by atoms with Gasteiger partial charge in [-0.15, -0.1) is 11.8 Å². The summed E-state index contributed by atoms with van der Waals surface area (Å²) in [6, 6.07) is 2.19. The molecule has 1 heterocycles. The van der Waals surface area contributed by atoms with Crippen LogP contribution in [0.25, 0.3) is 0 Å². The Balaban J connectivity index is 2.19. The Labute approximate surface area is 139 Å². The van der Waals surface area contributed by atoms with Gasteiger partial charge < -0.3 is 0 Å². The van der Waals surface area contributed by atoms with Crippen LogP contribution in [0.2, 0.25) is 0 Å². The minimum atomic E-state index is 1.09. The predicted molar refractivity (Wildman–Crippen MR) is 100 cm³/mol. The number of rotatable bonds is 9. The summed E-state index contributed by atoms with van der Waals surface area (Å²) >= 11 is 3.69. The first-order valence-corrected chi connectivity index (χ1v) is 9.60. The summed E-state index contributed by atoms with van der Waals surface area (Å²) in [5.74, 6) is 1.09. The van der Waals surface area contributed by atoms with Crippen LogP contribution in [-0.2, 0) is 0 Å². The Kier molecular flexibility index (Phi) is 9.53. The quantitative estimate of drug-likeness (QED) is 0.341. The molecule has 0 bridgehead atoms. The van der Waals surface area contributed by atoms with E-state index in [9.17, 15) is 0 Å². The molecule has 0 unspecified atom stereocenters. The van der Waals surface area contributed by atoms with Gasteiger partial charge in [-0.05, 0) is 64.8 Å². The Morgan fingerprint density at radius 1 is 1.00 bits per heavy atom. The van der Waals surface area contributed by atoms with Gasteiger partial charge in [-0.25, -0.2) is 0 Å². The molecule has 116 valence electrons. The molecule has 0 nitrogen and oxygen atoms in total. The largest absolute Gasteiger partial charge is 0.151 e. The maximum atomic E-state index is 2.40. The lowest BCUT2D eigenvalue weighted by Crippen LogP contribution is -1.82. The Morgan fingerprint density at radius 2 is 1.67 bits per heavy atom. The maximum Gasteiger partial charge on any atom is 0.0182 e. The predicted octanol–water partition coefficient (Wildman–Crippen LogP) is 7.26. The molecule has 2 heteroatoms. The van der Waals surface area contributed by atoms with Gasteiger partial charge >= 0.3 is 0 Å². The normalized spacial score (nSPS) is 12.6. The molecule has 0 saturated heterocycles. The van der Waals surface area contributed by atoms with Crippen LogP contribution in [-0.4, -0.2) is 5.75 Å². The molecule has 0 aliphatic carbocycles. The van der Waals surface area contributed by atoms with Crippen LogP contribution in [0.15, 0.2) is 56.7 Å². The van der Waals surface area contributed by atoms with Gasteiger partial charge in [0.2, 0.25) is 0 Å². The molecule has 0 fully saturated rings. The summed E-state index contributed by atoms with van der Waals surface area (Å²) in [6.45, 7) is 8.84. The van der Waals surface area contributed by atoms with Gasteiger partial charge in [0.25, 0.3) is 0 Å². The van der Waals surface area contributed by atoms with E-state index in [1.54, 1.807) is 11.3 Å². The van der Waals surface area contributed by atoms with E-state index < -0.39 is 0 Å². The molecule has 0 aromatic carbocycles. The third-order valence-corrected chi connectivity index (χ3v) is 5.05. The molecule has 0 atom stereocenters. The molecule has 0 radical (unpaired) electrons. The first-order valence-electron chi connectivity index (χ1n) is 7.67. The zero-order valence-corrected chi connectivity index (χ0v) is 15.4. The Hall–Kier alpha value is -0.730. The molecule has 1 aromatic heterocycles. The highest BCUT2D eigenvalue weighted by atomic mass is 32.2. The molecule has 0 aliphatic heterocycles. The van der Waals surface area contributed by atoms with Gasteiger partial charge in [0.05, 0.1) is 0 Å². The monoisotopic (exact) mass is 320 g/mol. The Morgan fingerprint density at radius 3 is 2.29 bits per heavy atom. The van der Waals surface area contributed by atoms with E-state index in [1.807, 2.05) is 11.8 Å². The van der Waals surface area contributed by atoms with Crippen LogP contribution in [0.5, 0.6) is 0 Å². The van der Waals surface area contributed by atoms with E-state index in [0.717, 1.165) is 5.75 Å². The summed E-state index contributed by atoms with van der Waals surface area (Å²) < 4.78 is 0. The van der Waals surface area contributed by atoms with E-state index >= 15 is 0 Å². The third kappa shape index (κ3) is 9.76. The molecule has 0 spiro atoms. The zero-order chi connectivity index (χ0) is 15.5. The van der Waals surface area contributed by atoms with E-state index in [0.29, 0.717) is 0 Å². The molecule has 1 aromatic rings. The van der Waals surface area contributed by atoms with Crippen molar-refractivity contribution in [3.63, 3.8) is 0 Å². The highest BCUT2D eigenvalue weighted by molar-refractivity contribution is 7.99. The third-order valence-electron chi connectivity index (χ3n) is 3.30. The van der Waals surface area contributed by atoms with Crippen molar-refractivity contribution in [1.29, 1.82) is 0 Å². The SMILES string of the molecule is CC(C)=CCC/C(C)=C/CC/C(C)=C/CSc1ccsc1. The van der Waals surface area contributed by atoms with Gasteiger partial charge in [-0.2, -0.15) is 11.3 Å². The Bertz CT molecular complexity index is 472. The molecular weight excluding hydrogens is 292 g/mol. The number of allylic oxidation sites excluding steroid dienone is 5. The molecule has 1 rings (SSSR count). The van der Waals surface area contributed by atoms with Crippen molar-refractivity contribution >= 4 is 23.1 Å². The van der Waals surface area contributed by atoms with Crippen LogP contribution >= 0.6 is 23.1 Å². The van der Waals surface area contributed by atoms with E-state index in [1.165, 1.54) is 47.3 Å². The fourth-order valence-corrected chi connectivity index (χ4v) is 3.72. The van der Waals surface area contributed by atoms with Gasteiger partial charge in [0.1, 0.15) is 0 Å². The molecule has 0 aliphatic rings. The van der Waals surface area contributed by atoms with Crippen LogP contribution in [0.1, 0.15) is 53.4 Å². The maximum absolute atomic E-state index is 2.40. The van der Waals surface area contributed by atoms with Crippen LogP contribution in [0.4, 0.5) is 0 Å². The van der Waals surface area contributed by atoms with Crippen molar-refractivity contribution in [2.24, 2.45) is 0 Å². The van der Waals surface area contributed by atoms with Crippen molar-refractivity contribution in [1.82, 2.24) is 0 Å². The molecule has 0 N–H and O–H groups in total. The summed E-state index contributed by atoms with van der Waals surface area (Å²) in [7, 11) is 0. The second-order valence-electron chi connectivity index (χ2n) is 5.73. The zero-order valence-electron chi connectivity index (χ0n) is 13.8. The topological polar surface area (TPSA) is 0 Å². The van der Waals surface area contributed by atoms with E-state index in [-0.39, 0.29) is 0 Å². The highest BCUT2D eigenvalue weighted by Crippen LogP contribution is 2.21. The fourth-order valence-electron chi connectivity index (χ4n) is 1.95. The van der Waals surface area contributed by atoms with Crippen LogP contribution < -0.4 is 0 Å². The van der Waals surface area contributed by atoms with Crippen molar-refractivity contribution in [3.05, 3.63) is 51.8 Å². The van der Waals surface area contributed by atoms with Crippen molar-refractivity contribution in [2.45, 2.75) is 58.3 Å². The number of hydrogen-bond acceptors (Lipinski definition) is 2. The first kappa shape index (κ1) is 18.3. The minimum Gasteiger partial charge on any atom is -0.151 e. The molecular formula is C19H28S2. The first-order chi connectivity index (χ1) is 10.1. The van der Waals surface area contributed by atoms with Crippen LogP contribution in [0, 0.1) is 0 Å². The second kappa shape index (κ2) is 10.9. The average Bonchev–Trinajstić information content (AvgIpc) is 2.91. The standard InChI is InChI=1S/C19H28S2/c1-16(2)7-5-8-17(3)9-6-10-18(4)11-14-21-19-12-13-20-15-19/h7,9,11-13,15H,5-6,8,10,14H2,1-4H3/b17-9+,18-11+. The van der Waals surface area contributed by atoms with Crippen molar-refractivity contribution in [3.8, 4) is 0 Å². The van der Waals surface area contributed by atoms with Crippen LogP contribution in [0.3, 0.4) is 0 Å². The summed E-state index contributed by atoms with van der Waals surface area (Å²) in [4.78, 5) is 1.39. The van der Waals surface area contributed by atoms with Gasteiger partial charge in [-0.3, -0.25) is 0 Å². The number of thioether (sulfide) groups is 1. The van der Waals surface area contributed by atoms with E-state index in [4.69, 9.17) is 0 Å². The lowest BCUT2D eigenvalue weighted by Gasteiger charge is -2.01. The molecule has 0 amide bonds. The summed E-state index contributed by atoms with van der Waals surface area (Å²) in [6.07, 6.45) is 11.8. The smallest absolute Gasteiger partial charge is 0.0182 e. The minimum absolute atomic E-state index is 1.09. The lowest BCUT2D eigenvalue weighted by atomic mass is 10.1. The highest BCUT2D eigenvalue weighted by Gasteiger charge is 1.94. The van der Waals surface area contributed by atoms with E-state index in [2.05, 4.69) is 62.7 Å². The number of thiophene rings is 1. The van der Waals surface area contributed by atoms with Crippen molar-refractivity contribution in [2.75, 3.05) is 5.75 Å². The average molecular weight is 321 g/mol. The number of hydrogen-bond donors (Lipinski definition) is 0. The summed E-state index contributed by atoms with van der Waals surface area (Å²) in [5.41, 5.74) is 4.45. The second-order valence-corrected chi connectivity index (χ2v) is 7.60. The van der Waals surface area contributed by atoms with Crippen molar-refractivity contribution < 1.29 is 0 Å². The molecule has 0 saturated carbocycles. The fraction of sp³-hybridized carbons (Fsp3) is 0.474. The lowest BCUT2D eigenvalue weighted by molar-refractivity contribution is 0.917. The van der Waals surface area contributed by atoms with Gasteiger partial charge in [0, 0.05) is 16.0 Å². The van der Waals surface area contributed by atoms with Gasteiger partial charge in [-0.1, -0.05) is 34.9 Å². The van der Waals surface area contributed by atoms with Gasteiger partial charge in [0.15, 0.2) is 0 Å².